The van der Waals surface area contributed by atoms with Crippen molar-refractivity contribution < 1.29 is 26.2 Å². The summed E-state index contributed by atoms with van der Waals surface area (Å²) < 4.78 is 4.68. The summed E-state index contributed by atoms with van der Waals surface area (Å²) in [5.74, 6) is 0.825. The maximum atomic E-state index is 11.6. The fourth-order valence-electron chi connectivity index (χ4n) is 10.6. The van der Waals surface area contributed by atoms with E-state index in [0.717, 1.165) is 72.6 Å². The zero-order valence-corrected chi connectivity index (χ0v) is 48.1. The Morgan fingerprint density at radius 1 is 0.434 bits per heavy atom. The van der Waals surface area contributed by atoms with Crippen LogP contribution in [0.25, 0.3) is 100 Å². The Kier molecular flexibility index (Phi) is 13.3. The van der Waals surface area contributed by atoms with Crippen molar-refractivity contribution in [2.75, 3.05) is 0 Å². The number of hydrogen-bond donors (Lipinski definition) is 1. The molecular weight excluding hydrogens is 1110 g/mol. The SMILES string of the molecule is CC(C)(C)c1cc(-c2cc(-c3cc(C(C)(C)C)cc4c5cc(C(C)(C)C)ccc5n(-c5ccccc5)c34)ccn2)[c-]c(-c2cccc3c2nc(-c2ccccc2O)n3-c2ccc(C(C)(C)C)cc2-c2ccccc2)c1.[Pt]. The number of pyridine rings is 1. The third-order valence-electron chi connectivity index (χ3n) is 15.0. The molecule has 5 nitrogen and oxygen atoms in total. The minimum absolute atomic E-state index is 0. The van der Waals surface area contributed by atoms with Crippen molar-refractivity contribution in [3.05, 3.63) is 210 Å². The zero-order chi connectivity index (χ0) is 52.8. The van der Waals surface area contributed by atoms with Crippen LogP contribution in [0.3, 0.4) is 0 Å². The second-order valence-electron chi connectivity index (χ2n) is 24.5. The average Bonchev–Trinajstić information content (AvgIpc) is 4.14. The molecule has 0 saturated heterocycles. The molecule has 3 heterocycles. The molecule has 0 aliphatic rings. The number of benzene rings is 8. The van der Waals surface area contributed by atoms with Crippen LogP contribution in [0.4, 0.5) is 0 Å². The fraction of sp³-hybridized carbons (Fsp3) is 0.229. The predicted molar refractivity (Wildman–Crippen MR) is 316 cm³/mol. The maximum Gasteiger partial charge on any atom is 0.148 e. The minimum Gasteiger partial charge on any atom is -0.507 e. The van der Waals surface area contributed by atoms with E-state index in [1.54, 1.807) is 6.07 Å². The summed E-state index contributed by atoms with van der Waals surface area (Å²) in [6, 6.07) is 66.8. The Bertz CT molecular complexity index is 3980. The molecule has 0 aliphatic carbocycles. The van der Waals surface area contributed by atoms with E-state index in [4.69, 9.17) is 9.97 Å². The molecule has 0 unspecified atom stereocenters. The summed E-state index contributed by atoms with van der Waals surface area (Å²) in [4.78, 5) is 10.7. The molecule has 1 N–H and O–H groups in total. The second-order valence-corrected chi connectivity index (χ2v) is 24.5. The van der Waals surface area contributed by atoms with Gasteiger partial charge < -0.3 is 9.67 Å². The quantitative estimate of drug-likeness (QED) is 0.162. The summed E-state index contributed by atoms with van der Waals surface area (Å²) in [6.07, 6.45) is 1.96. The summed E-state index contributed by atoms with van der Waals surface area (Å²) in [7, 11) is 0. The van der Waals surface area contributed by atoms with Gasteiger partial charge in [0.15, 0.2) is 0 Å². The van der Waals surface area contributed by atoms with Gasteiger partial charge in [0, 0.05) is 60.5 Å². The van der Waals surface area contributed by atoms with E-state index in [-0.39, 0.29) is 48.5 Å². The molecule has 76 heavy (non-hydrogen) atoms. The van der Waals surface area contributed by atoms with Gasteiger partial charge in [-0.3, -0.25) is 9.55 Å². The van der Waals surface area contributed by atoms with Crippen molar-refractivity contribution in [3.63, 3.8) is 0 Å². The zero-order valence-electron chi connectivity index (χ0n) is 45.9. The van der Waals surface area contributed by atoms with E-state index in [1.807, 2.05) is 24.4 Å². The maximum absolute atomic E-state index is 11.6. The topological polar surface area (TPSA) is 55.9 Å². The van der Waals surface area contributed by atoms with E-state index in [1.165, 1.54) is 38.5 Å². The Hall–Kier alpha value is -7.33. The largest absolute Gasteiger partial charge is 0.507 e. The van der Waals surface area contributed by atoms with Gasteiger partial charge in [0.25, 0.3) is 0 Å². The van der Waals surface area contributed by atoms with E-state index in [9.17, 15) is 5.11 Å². The van der Waals surface area contributed by atoms with Crippen LogP contribution in [0.5, 0.6) is 5.75 Å². The molecule has 8 aromatic carbocycles. The molecule has 3 aromatic heterocycles. The molecule has 11 aromatic rings. The third kappa shape index (κ3) is 9.53. The number of rotatable bonds is 7. The molecule has 0 aliphatic heterocycles. The number of nitrogens with zero attached hydrogens (tertiary/aromatic N) is 4. The van der Waals surface area contributed by atoms with Crippen LogP contribution in [-0.2, 0) is 42.7 Å². The smallest absolute Gasteiger partial charge is 0.148 e. The van der Waals surface area contributed by atoms with Gasteiger partial charge in [-0.2, -0.15) is 0 Å². The van der Waals surface area contributed by atoms with Crippen LogP contribution >= 0.6 is 0 Å². The van der Waals surface area contributed by atoms with Gasteiger partial charge in [0.1, 0.15) is 11.6 Å². The number of aromatic hydroxyl groups is 1. The van der Waals surface area contributed by atoms with Crippen molar-refractivity contribution in [2.45, 2.75) is 105 Å². The van der Waals surface area contributed by atoms with Crippen LogP contribution in [-0.4, -0.2) is 24.2 Å². The fourth-order valence-corrected chi connectivity index (χ4v) is 10.6. The molecule has 0 amide bonds. The number of fused-ring (bicyclic) bond motifs is 4. The van der Waals surface area contributed by atoms with Gasteiger partial charge >= 0.3 is 0 Å². The van der Waals surface area contributed by atoms with Gasteiger partial charge in [0.2, 0.25) is 0 Å². The van der Waals surface area contributed by atoms with Gasteiger partial charge in [-0.05, 0) is 122 Å². The minimum atomic E-state index is -0.209. The third-order valence-corrected chi connectivity index (χ3v) is 15.0. The van der Waals surface area contributed by atoms with Crippen LogP contribution in [0.2, 0.25) is 0 Å². The summed E-state index contributed by atoms with van der Waals surface area (Å²) in [6.45, 7) is 27.3. The number of phenols is 1. The van der Waals surface area contributed by atoms with Crippen molar-refractivity contribution in [1.29, 1.82) is 0 Å². The second kappa shape index (κ2) is 19.4. The molecule has 0 bridgehead atoms. The summed E-state index contributed by atoms with van der Waals surface area (Å²) >= 11 is 0. The Morgan fingerprint density at radius 3 is 1.70 bits per heavy atom. The van der Waals surface area contributed by atoms with E-state index < -0.39 is 0 Å². The van der Waals surface area contributed by atoms with Crippen molar-refractivity contribution in [3.8, 4) is 73.2 Å². The van der Waals surface area contributed by atoms with Crippen molar-refractivity contribution >= 4 is 32.8 Å². The van der Waals surface area contributed by atoms with Gasteiger partial charge in [-0.15, -0.1) is 29.3 Å². The van der Waals surface area contributed by atoms with Crippen LogP contribution < -0.4 is 0 Å². The molecule has 0 spiro atoms. The molecule has 6 heteroatoms. The first kappa shape index (κ1) is 52.1. The summed E-state index contributed by atoms with van der Waals surface area (Å²) in [5.41, 5.74) is 19.5. The molecule has 0 fully saturated rings. The molecular formula is C70H67N4OPt-. The molecule has 0 radical (unpaired) electrons. The molecule has 384 valence electrons. The Labute approximate surface area is 463 Å². The van der Waals surface area contributed by atoms with Gasteiger partial charge in [-0.1, -0.05) is 185 Å². The molecule has 11 rings (SSSR count). The normalized spacial score (nSPS) is 12.4. The molecule has 0 atom stereocenters. The first-order chi connectivity index (χ1) is 35.6. The van der Waals surface area contributed by atoms with E-state index in [2.05, 4.69) is 250 Å². The van der Waals surface area contributed by atoms with Crippen molar-refractivity contribution in [1.82, 2.24) is 19.1 Å². The average molecular weight is 1180 g/mol. The first-order valence-corrected chi connectivity index (χ1v) is 26.4. The predicted octanol–water partition coefficient (Wildman–Crippen LogP) is 18.5. The first-order valence-electron chi connectivity index (χ1n) is 26.4. The number of imidazole rings is 1. The van der Waals surface area contributed by atoms with Crippen LogP contribution in [0, 0.1) is 6.07 Å². The van der Waals surface area contributed by atoms with Gasteiger partial charge in [-0.25, -0.2) is 4.98 Å². The summed E-state index contributed by atoms with van der Waals surface area (Å²) in [5, 5.41) is 14.1. The Morgan fingerprint density at radius 2 is 1.01 bits per heavy atom. The standard InChI is InChI=1S/C70H67N4O.Pt/c1-67(2,3)48-30-32-60(55(40-48)44-22-15-13-16-23-44)74-62-28-21-27-53(64(62)72-66(74)54-26-19-20-29-63(54)75)46-36-47(38-50(37-46)69(7,8)9)59-39-45(34-35-71-59)56-42-51(70(10,11)12)43-58-57-41-49(68(4,5)6)31-33-61(57)73(65(56)58)52-24-17-14-18-25-52;/h13-35,37-43,75H,1-12H3;/q-1;. The van der Waals surface area contributed by atoms with Crippen LogP contribution in [0.15, 0.2) is 182 Å². The van der Waals surface area contributed by atoms with E-state index >= 15 is 0 Å². The van der Waals surface area contributed by atoms with E-state index in [0.29, 0.717) is 11.4 Å². The monoisotopic (exact) mass is 1170 g/mol. The number of hydrogen-bond acceptors (Lipinski definition) is 3. The Balaban J connectivity index is 0.00000657. The number of phenolic OH excluding ortho intramolecular Hbond substituents is 1. The van der Waals surface area contributed by atoms with Gasteiger partial charge in [0.05, 0.1) is 33.3 Å². The van der Waals surface area contributed by atoms with Crippen molar-refractivity contribution in [2.24, 2.45) is 0 Å². The van der Waals surface area contributed by atoms with Crippen LogP contribution in [0.1, 0.15) is 105 Å². The number of para-hydroxylation sites is 3. The molecule has 0 saturated carbocycles. The number of aromatic nitrogens is 4.